The Morgan fingerprint density at radius 3 is 2.85 bits per heavy atom. The Balaban J connectivity index is 2.19. The van der Waals surface area contributed by atoms with Crippen molar-refractivity contribution in [3.8, 4) is 11.5 Å². The van der Waals surface area contributed by atoms with Gasteiger partial charge in [0.05, 0.1) is 19.8 Å². The first-order valence-electron chi connectivity index (χ1n) is 6.99. The molecule has 0 amide bonds. The zero-order valence-electron chi connectivity index (χ0n) is 12.4. The van der Waals surface area contributed by atoms with Crippen LogP contribution in [-0.4, -0.2) is 38.0 Å². The zero-order valence-corrected chi connectivity index (χ0v) is 12.4. The average molecular weight is 277 g/mol. The molecule has 0 radical (unpaired) electrons. The van der Waals surface area contributed by atoms with Crippen LogP contribution in [0.3, 0.4) is 0 Å². The summed E-state index contributed by atoms with van der Waals surface area (Å²) in [4.78, 5) is 0. The minimum Gasteiger partial charge on any atom is -0.493 e. The SMILES string of the molecule is CCOc1cc(C2CC(CCN)=NN2C)ccc1OC. The number of nitrogens with zero attached hydrogens (tertiary/aromatic N) is 2. The van der Waals surface area contributed by atoms with Gasteiger partial charge in [0.2, 0.25) is 0 Å². The Morgan fingerprint density at radius 1 is 1.40 bits per heavy atom. The summed E-state index contributed by atoms with van der Waals surface area (Å²) in [5.41, 5.74) is 7.95. The predicted octanol–water partition coefficient (Wildman–Crippen LogP) is 2.18. The van der Waals surface area contributed by atoms with Gasteiger partial charge in [-0.1, -0.05) is 6.07 Å². The van der Waals surface area contributed by atoms with E-state index in [-0.39, 0.29) is 6.04 Å². The number of nitrogens with two attached hydrogens (primary N) is 1. The molecule has 1 aromatic carbocycles. The number of ether oxygens (including phenoxy) is 2. The van der Waals surface area contributed by atoms with Crippen molar-refractivity contribution in [2.24, 2.45) is 10.8 Å². The summed E-state index contributed by atoms with van der Waals surface area (Å²) in [6, 6.07) is 6.32. The quantitative estimate of drug-likeness (QED) is 0.865. The fraction of sp³-hybridized carbons (Fsp3) is 0.533. The van der Waals surface area contributed by atoms with E-state index in [0.29, 0.717) is 13.2 Å². The predicted molar refractivity (Wildman–Crippen MR) is 80.4 cm³/mol. The van der Waals surface area contributed by atoms with Gasteiger partial charge in [-0.25, -0.2) is 0 Å². The third-order valence-corrected chi connectivity index (χ3v) is 3.48. The van der Waals surface area contributed by atoms with Crippen molar-refractivity contribution in [1.29, 1.82) is 0 Å². The lowest BCUT2D eigenvalue weighted by molar-refractivity contribution is 0.284. The first-order valence-corrected chi connectivity index (χ1v) is 6.99. The molecule has 0 saturated carbocycles. The van der Waals surface area contributed by atoms with E-state index in [1.165, 1.54) is 5.56 Å². The molecule has 2 rings (SSSR count). The number of hydrogen-bond acceptors (Lipinski definition) is 5. The average Bonchev–Trinajstić information content (AvgIpc) is 2.80. The van der Waals surface area contributed by atoms with E-state index in [0.717, 1.165) is 30.1 Å². The highest BCUT2D eigenvalue weighted by Crippen LogP contribution is 2.35. The molecule has 110 valence electrons. The second-order valence-corrected chi connectivity index (χ2v) is 4.84. The molecule has 0 aromatic heterocycles. The lowest BCUT2D eigenvalue weighted by atomic mass is 10.0. The van der Waals surface area contributed by atoms with Crippen LogP contribution in [0, 0.1) is 0 Å². The number of rotatable bonds is 6. The molecule has 1 heterocycles. The van der Waals surface area contributed by atoms with E-state index >= 15 is 0 Å². The maximum Gasteiger partial charge on any atom is 0.161 e. The fourth-order valence-corrected chi connectivity index (χ4v) is 2.51. The number of methoxy groups -OCH3 is 1. The van der Waals surface area contributed by atoms with Crippen LogP contribution in [0.2, 0.25) is 0 Å². The molecule has 1 atom stereocenters. The van der Waals surface area contributed by atoms with Crippen molar-refractivity contribution < 1.29 is 9.47 Å². The van der Waals surface area contributed by atoms with Gasteiger partial charge in [-0.2, -0.15) is 5.10 Å². The third kappa shape index (κ3) is 3.04. The highest BCUT2D eigenvalue weighted by Gasteiger charge is 2.25. The highest BCUT2D eigenvalue weighted by molar-refractivity contribution is 5.86. The lowest BCUT2D eigenvalue weighted by Gasteiger charge is -2.20. The maximum atomic E-state index is 5.64. The van der Waals surface area contributed by atoms with Crippen LogP contribution in [-0.2, 0) is 0 Å². The second-order valence-electron chi connectivity index (χ2n) is 4.84. The van der Waals surface area contributed by atoms with Gasteiger partial charge in [-0.3, -0.25) is 5.01 Å². The minimum atomic E-state index is 0.252. The molecule has 0 fully saturated rings. The standard InChI is InChI=1S/C15H23N3O2/c1-4-20-15-9-11(5-6-14(15)19-3)13-10-12(7-8-16)17-18(13)2/h5-6,9,13H,4,7-8,10,16H2,1-3H3. The van der Waals surface area contributed by atoms with E-state index in [9.17, 15) is 0 Å². The Labute approximate surface area is 120 Å². The first kappa shape index (κ1) is 14.7. The number of hydrogen-bond donors (Lipinski definition) is 1. The number of benzene rings is 1. The van der Waals surface area contributed by atoms with Gasteiger partial charge in [0.15, 0.2) is 11.5 Å². The Bertz CT molecular complexity index is 488. The van der Waals surface area contributed by atoms with Crippen molar-refractivity contribution in [2.75, 3.05) is 27.3 Å². The molecule has 1 aliphatic rings. The van der Waals surface area contributed by atoms with Crippen molar-refractivity contribution in [3.05, 3.63) is 23.8 Å². The summed E-state index contributed by atoms with van der Waals surface area (Å²) in [6.07, 6.45) is 1.78. The van der Waals surface area contributed by atoms with Crippen LogP contribution in [0.4, 0.5) is 0 Å². The topological polar surface area (TPSA) is 60.1 Å². The Hall–Kier alpha value is -1.75. The van der Waals surface area contributed by atoms with E-state index in [4.69, 9.17) is 15.2 Å². The molecular formula is C15H23N3O2. The Kier molecular flexibility index (Phi) is 4.84. The van der Waals surface area contributed by atoms with Gasteiger partial charge in [0, 0.05) is 19.2 Å². The van der Waals surface area contributed by atoms with Gasteiger partial charge >= 0.3 is 0 Å². The van der Waals surface area contributed by atoms with Crippen LogP contribution >= 0.6 is 0 Å². The molecule has 1 aromatic rings. The zero-order chi connectivity index (χ0) is 14.5. The molecule has 0 bridgehead atoms. The summed E-state index contributed by atoms with van der Waals surface area (Å²) in [7, 11) is 3.65. The maximum absolute atomic E-state index is 5.64. The van der Waals surface area contributed by atoms with Gasteiger partial charge in [0.25, 0.3) is 0 Å². The molecule has 1 unspecified atom stereocenters. The van der Waals surface area contributed by atoms with Crippen LogP contribution < -0.4 is 15.2 Å². The van der Waals surface area contributed by atoms with Gasteiger partial charge in [-0.05, 0) is 37.6 Å². The normalized spacial score (nSPS) is 18.1. The molecule has 0 spiro atoms. The van der Waals surface area contributed by atoms with E-state index in [1.807, 2.05) is 31.1 Å². The van der Waals surface area contributed by atoms with Crippen LogP contribution in [0.1, 0.15) is 31.4 Å². The molecule has 0 saturated heterocycles. The van der Waals surface area contributed by atoms with E-state index in [2.05, 4.69) is 11.2 Å². The summed E-state index contributed by atoms with van der Waals surface area (Å²) in [5, 5.41) is 6.55. The lowest BCUT2D eigenvalue weighted by Crippen LogP contribution is -2.14. The van der Waals surface area contributed by atoms with Crippen molar-refractivity contribution in [2.45, 2.75) is 25.8 Å². The molecule has 5 heteroatoms. The Morgan fingerprint density at radius 2 is 2.20 bits per heavy atom. The van der Waals surface area contributed by atoms with Gasteiger partial charge in [-0.15, -0.1) is 0 Å². The van der Waals surface area contributed by atoms with E-state index in [1.54, 1.807) is 7.11 Å². The molecule has 0 aliphatic carbocycles. The summed E-state index contributed by atoms with van der Waals surface area (Å²) < 4.78 is 11.0. The van der Waals surface area contributed by atoms with Crippen LogP contribution in [0.15, 0.2) is 23.3 Å². The van der Waals surface area contributed by atoms with Gasteiger partial charge < -0.3 is 15.2 Å². The van der Waals surface area contributed by atoms with Crippen molar-refractivity contribution in [3.63, 3.8) is 0 Å². The first-order chi connectivity index (χ1) is 9.69. The van der Waals surface area contributed by atoms with Crippen LogP contribution in [0.5, 0.6) is 11.5 Å². The molecule has 1 aliphatic heterocycles. The van der Waals surface area contributed by atoms with Gasteiger partial charge in [0.1, 0.15) is 0 Å². The second kappa shape index (κ2) is 6.61. The van der Waals surface area contributed by atoms with E-state index < -0.39 is 0 Å². The number of hydrazone groups is 1. The highest BCUT2D eigenvalue weighted by atomic mass is 16.5. The molecule has 2 N–H and O–H groups in total. The fourth-order valence-electron chi connectivity index (χ4n) is 2.51. The molecule has 5 nitrogen and oxygen atoms in total. The summed E-state index contributed by atoms with van der Waals surface area (Å²) >= 11 is 0. The summed E-state index contributed by atoms with van der Waals surface area (Å²) in [6.45, 7) is 3.23. The third-order valence-electron chi connectivity index (χ3n) is 3.48. The summed E-state index contributed by atoms with van der Waals surface area (Å²) in [5.74, 6) is 1.55. The monoisotopic (exact) mass is 277 g/mol. The van der Waals surface area contributed by atoms with Crippen molar-refractivity contribution >= 4 is 5.71 Å². The largest absolute Gasteiger partial charge is 0.493 e. The molecule has 20 heavy (non-hydrogen) atoms. The smallest absolute Gasteiger partial charge is 0.161 e. The molecular weight excluding hydrogens is 254 g/mol. The van der Waals surface area contributed by atoms with Crippen LogP contribution in [0.25, 0.3) is 0 Å². The van der Waals surface area contributed by atoms with Crippen molar-refractivity contribution in [1.82, 2.24) is 5.01 Å². The minimum absolute atomic E-state index is 0.252.